The molecular formula is C31H40O7. The number of aromatic hydroxyl groups is 1. The lowest BCUT2D eigenvalue weighted by molar-refractivity contribution is -0.148. The maximum atomic E-state index is 12.4. The summed E-state index contributed by atoms with van der Waals surface area (Å²) < 4.78 is 16.3. The zero-order chi connectivity index (χ0) is 28.1. The van der Waals surface area contributed by atoms with Crippen LogP contribution in [0.4, 0.5) is 0 Å². The minimum absolute atomic E-state index is 0.215. The van der Waals surface area contributed by atoms with Crippen LogP contribution in [0.5, 0.6) is 5.75 Å². The van der Waals surface area contributed by atoms with Crippen molar-refractivity contribution >= 4 is 18.0 Å². The normalized spacial score (nSPS) is 20.1. The summed E-state index contributed by atoms with van der Waals surface area (Å²) in [5.74, 6) is -0.789. The highest BCUT2D eigenvalue weighted by Gasteiger charge is 2.41. The Hall–Kier alpha value is -3.42. The molecule has 0 amide bonds. The van der Waals surface area contributed by atoms with Gasteiger partial charge in [0.1, 0.15) is 5.75 Å². The van der Waals surface area contributed by atoms with E-state index < -0.39 is 30.3 Å². The van der Waals surface area contributed by atoms with Crippen molar-refractivity contribution < 1.29 is 34.0 Å². The third kappa shape index (κ3) is 10.9. The van der Waals surface area contributed by atoms with Crippen LogP contribution >= 0.6 is 0 Å². The first-order valence-corrected chi connectivity index (χ1v) is 12.8. The fourth-order valence-corrected chi connectivity index (χ4v) is 3.80. The van der Waals surface area contributed by atoms with Gasteiger partial charge in [0, 0.05) is 6.92 Å². The summed E-state index contributed by atoms with van der Waals surface area (Å²) in [5.41, 5.74) is 4.20. The number of hydrogen-bond donors (Lipinski definition) is 2. The fourth-order valence-electron chi connectivity index (χ4n) is 3.80. The largest absolute Gasteiger partial charge is 0.508 e. The van der Waals surface area contributed by atoms with Gasteiger partial charge in [0.15, 0.2) is 12.2 Å². The Morgan fingerprint density at radius 1 is 1.08 bits per heavy atom. The maximum absolute atomic E-state index is 12.4. The molecule has 2 rings (SSSR count). The molecule has 7 nitrogen and oxygen atoms in total. The molecular weight excluding hydrogens is 484 g/mol. The van der Waals surface area contributed by atoms with E-state index in [2.05, 4.69) is 0 Å². The van der Waals surface area contributed by atoms with E-state index in [1.165, 1.54) is 12.5 Å². The van der Waals surface area contributed by atoms with Crippen molar-refractivity contribution in [1.29, 1.82) is 0 Å². The van der Waals surface area contributed by atoms with Gasteiger partial charge < -0.3 is 24.4 Å². The van der Waals surface area contributed by atoms with Gasteiger partial charge in [0.05, 0.1) is 24.9 Å². The van der Waals surface area contributed by atoms with E-state index in [0.29, 0.717) is 13.2 Å². The number of carbonyl (C=O) groups is 2. The molecule has 0 aromatic heterocycles. The summed E-state index contributed by atoms with van der Waals surface area (Å²) >= 11 is 0. The second kappa shape index (κ2) is 15.7. The average molecular weight is 525 g/mol. The lowest BCUT2D eigenvalue weighted by atomic mass is 10.0. The molecule has 206 valence electrons. The van der Waals surface area contributed by atoms with E-state index in [-0.39, 0.29) is 17.7 Å². The Balaban J connectivity index is 1.80. The second-order valence-electron chi connectivity index (χ2n) is 9.62. The summed E-state index contributed by atoms with van der Waals surface area (Å²) in [5, 5.41) is 19.9. The van der Waals surface area contributed by atoms with E-state index >= 15 is 0 Å². The first-order valence-electron chi connectivity index (χ1n) is 12.8. The number of allylic oxidation sites excluding steroid dienone is 3. The Kier molecular flexibility index (Phi) is 12.8. The quantitative estimate of drug-likeness (QED) is 0.150. The summed E-state index contributed by atoms with van der Waals surface area (Å²) in [6, 6.07) is 6.96. The zero-order valence-electron chi connectivity index (χ0n) is 23.0. The van der Waals surface area contributed by atoms with Gasteiger partial charge in [-0.1, -0.05) is 53.7 Å². The molecule has 1 aliphatic heterocycles. The molecule has 0 spiro atoms. The van der Waals surface area contributed by atoms with Crippen molar-refractivity contribution in [2.75, 3.05) is 13.2 Å². The van der Waals surface area contributed by atoms with Gasteiger partial charge in [0.2, 0.25) is 0 Å². The summed E-state index contributed by atoms with van der Waals surface area (Å²) in [4.78, 5) is 23.9. The molecule has 2 N–H and O–H groups in total. The van der Waals surface area contributed by atoms with Crippen molar-refractivity contribution in [3.63, 3.8) is 0 Å². The topological polar surface area (TPSA) is 102 Å². The standard InChI is InChI=1S/C31H40O7/c1-21(2)20-29-30(37-24(5)32)27(31(35)38-29)15-16-28(34)23(4)9-6-8-22(3)17-19-36-18-7-10-25-11-13-26(33)14-12-25/h7,9-15,17,20,28-30,33-34H,6,8,16,18-19H2,1-5H3/b10-7+,22-17-,23-9+,27-15+/t28-,29-,30+/m1/s1. The molecule has 1 aliphatic rings. The molecule has 0 unspecified atom stereocenters. The fraction of sp³-hybridized carbons (Fsp3) is 0.419. The molecule has 0 radical (unpaired) electrons. The molecule has 1 aromatic rings. The average Bonchev–Trinajstić information content (AvgIpc) is 3.12. The van der Waals surface area contributed by atoms with Gasteiger partial charge >= 0.3 is 11.9 Å². The molecule has 1 heterocycles. The number of aliphatic hydroxyl groups excluding tert-OH is 1. The SMILES string of the molecule is CC(=O)O[C@H]1/C(=C\C[C@@H](O)/C(C)=C/CC/C(C)=C\COC/C=C/c2ccc(O)cc2)C(=O)O[C@@H]1C=C(C)C. The Labute approximate surface area is 225 Å². The number of cyclic esters (lactones) is 1. The number of ether oxygens (including phenoxy) is 3. The predicted molar refractivity (Wildman–Crippen MR) is 148 cm³/mol. The van der Waals surface area contributed by atoms with Crippen LogP contribution in [0, 0.1) is 0 Å². The van der Waals surface area contributed by atoms with Crippen LogP contribution in [-0.2, 0) is 23.8 Å². The highest BCUT2D eigenvalue weighted by Crippen LogP contribution is 2.27. The van der Waals surface area contributed by atoms with Crippen molar-refractivity contribution in [3.05, 3.63) is 82.5 Å². The minimum atomic E-state index is -0.815. The van der Waals surface area contributed by atoms with E-state index in [9.17, 15) is 19.8 Å². The molecule has 1 saturated heterocycles. The van der Waals surface area contributed by atoms with Crippen molar-refractivity contribution in [1.82, 2.24) is 0 Å². The summed E-state index contributed by atoms with van der Waals surface area (Å²) in [6.45, 7) is 9.95. The van der Waals surface area contributed by atoms with Gasteiger partial charge in [-0.2, -0.15) is 0 Å². The number of phenolic OH excluding ortho intramolecular Hbond substituents is 1. The number of carbonyl (C=O) groups excluding carboxylic acids is 2. The zero-order valence-corrected chi connectivity index (χ0v) is 23.0. The molecule has 0 aliphatic carbocycles. The smallest absolute Gasteiger partial charge is 0.338 e. The minimum Gasteiger partial charge on any atom is -0.508 e. The Bertz CT molecular complexity index is 1090. The lowest BCUT2D eigenvalue weighted by Crippen LogP contribution is -2.26. The van der Waals surface area contributed by atoms with Gasteiger partial charge in [0.25, 0.3) is 0 Å². The molecule has 1 fully saturated rings. The van der Waals surface area contributed by atoms with E-state index in [0.717, 1.165) is 29.6 Å². The summed E-state index contributed by atoms with van der Waals surface area (Å²) in [6.07, 6.45) is 10.8. The van der Waals surface area contributed by atoms with Crippen molar-refractivity contribution in [2.45, 2.75) is 72.2 Å². The molecule has 7 heteroatoms. The van der Waals surface area contributed by atoms with Crippen LogP contribution < -0.4 is 0 Å². The van der Waals surface area contributed by atoms with Gasteiger partial charge in [-0.3, -0.25) is 4.79 Å². The first-order chi connectivity index (χ1) is 18.1. The number of aliphatic hydroxyl groups is 1. The third-order valence-corrected chi connectivity index (χ3v) is 5.93. The number of hydrogen-bond acceptors (Lipinski definition) is 7. The van der Waals surface area contributed by atoms with Crippen LogP contribution in [0.1, 0.15) is 59.4 Å². The molecule has 1 aromatic carbocycles. The van der Waals surface area contributed by atoms with Crippen LogP contribution in [0.15, 0.2) is 76.9 Å². The second-order valence-corrected chi connectivity index (χ2v) is 9.62. The maximum Gasteiger partial charge on any atom is 0.338 e. The highest BCUT2D eigenvalue weighted by atomic mass is 16.6. The van der Waals surface area contributed by atoms with Crippen LogP contribution in [-0.4, -0.2) is 53.7 Å². The molecule has 0 saturated carbocycles. The number of benzene rings is 1. The van der Waals surface area contributed by atoms with E-state index in [1.54, 1.807) is 24.3 Å². The molecule has 3 atom stereocenters. The Morgan fingerprint density at radius 2 is 1.79 bits per heavy atom. The molecule has 0 bridgehead atoms. The van der Waals surface area contributed by atoms with Crippen LogP contribution in [0.3, 0.4) is 0 Å². The summed E-state index contributed by atoms with van der Waals surface area (Å²) in [7, 11) is 0. The number of phenols is 1. The van der Waals surface area contributed by atoms with Gasteiger partial charge in [-0.15, -0.1) is 0 Å². The van der Waals surface area contributed by atoms with E-state index in [1.807, 2.05) is 64.1 Å². The van der Waals surface area contributed by atoms with Gasteiger partial charge in [-0.05, 0) is 76.3 Å². The monoisotopic (exact) mass is 524 g/mol. The highest BCUT2D eigenvalue weighted by molar-refractivity contribution is 5.93. The van der Waals surface area contributed by atoms with E-state index in [4.69, 9.17) is 14.2 Å². The van der Waals surface area contributed by atoms with Crippen molar-refractivity contribution in [3.8, 4) is 5.75 Å². The molecule has 38 heavy (non-hydrogen) atoms. The lowest BCUT2D eigenvalue weighted by Gasteiger charge is -2.16. The number of esters is 2. The van der Waals surface area contributed by atoms with Crippen molar-refractivity contribution in [2.24, 2.45) is 0 Å². The Morgan fingerprint density at radius 3 is 2.45 bits per heavy atom. The van der Waals surface area contributed by atoms with Crippen LogP contribution in [0.2, 0.25) is 0 Å². The van der Waals surface area contributed by atoms with Crippen LogP contribution in [0.25, 0.3) is 6.08 Å². The first kappa shape index (κ1) is 30.8. The predicted octanol–water partition coefficient (Wildman–Crippen LogP) is 5.60. The third-order valence-electron chi connectivity index (χ3n) is 5.93. The van der Waals surface area contributed by atoms with Gasteiger partial charge in [-0.25, -0.2) is 4.79 Å². The number of rotatable bonds is 13.